The molecule has 0 saturated carbocycles. The lowest BCUT2D eigenvalue weighted by Crippen LogP contribution is -2.45. The van der Waals surface area contributed by atoms with Crippen molar-refractivity contribution in [3.63, 3.8) is 0 Å². The van der Waals surface area contributed by atoms with E-state index in [1.54, 1.807) is 37.3 Å². The second kappa shape index (κ2) is 8.42. The van der Waals surface area contributed by atoms with Crippen molar-refractivity contribution in [1.29, 1.82) is 0 Å². The molecule has 1 aliphatic rings. The summed E-state index contributed by atoms with van der Waals surface area (Å²) in [5.41, 5.74) is 1.56. The number of anilines is 1. The molecule has 1 heterocycles. The zero-order valence-electron chi connectivity index (χ0n) is 15.9. The molecule has 3 rings (SSSR count). The third-order valence-corrected chi connectivity index (χ3v) is 4.35. The molecule has 3 N–H and O–H groups in total. The van der Waals surface area contributed by atoms with Crippen LogP contribution in [0.3, 0.4) is 0 Å². The fourth-order valence-electron chi connectivity index (χ4n) is 3.06. The first-order valence-corrected chi connectivity index (χ1v) is 8.96. The normalized spacial score (nSPS) is 15.9. The molecule has 3 amide bonds. The third kappa shape index (κ3) is 4.52. The number of allylic oxidation sites excluding steroid dienone is 1. The van der Waals surface area contributed by atoms with Crippen LogP contribution < -0.4 is 20.7 Å². The fraction of sp³-hybridized carbons (Fsp3) is 0.200. The molecule has 0 aromatic heterocycles. The minimum Gasteiger partial charge on any atom is -0.494 e. The summed E-state index contributed by atoms with van der Waals surface area (Å²) in [4.78, 5) is 35.4. The zero-order chi connectivity index (χ0) is 21.0. The molecule has 0 fully saturated rings. The van der Waals surface area contributed by atoms with Gasteiger partial charge in [-0.3, -0.25) is 14.9 Å². The smallest absolute Gasteiger partial charge is 0.319 e. The summed E-state index contributed by atoms with van der Waals surface area (Å²) in [6, 6.07) is 11.6. The van der Waals surface area contributed by atoms with Crippen LogP contribution in [0.2, 0.25) is 0 Å². The van der Waals surface area contributed by atoms with Crippen molar-refractivity contribution in [2.75, 3.05) is 11.9 Å². The number of hydrogen-bond donors (Lipinski definition) is 3. The molecule has 9 nitrogen and oxygen atoms in total. The van der Waals surface area contributed by atoms with E-state index in [1.807, 2.05) is 6.92 Å². The molecule has 0 radical (unpaired) electrons. The molecule has 0 unspecified atom stereocenters. The molecular formula is C20H20N4O5. The van der Waals surface area contributed by atoms with Gasteiger partial charge in [0.2, 0.25) is 0 Å². The number of carbonyl (C=O) groups excluding carboxylic acids is 2. The van der Waals surface area contributed by atoms with Crippen LogP contribution in [0, 0.1) is 10.1 Å². The molecule has 150 valence electrons. The molecule has 29 heavy (non-hydrogen) atoms. The highest BCUT2D eigenvalue weighted by molar-refractivity contribution is 6.06. The van der Waals surface area contributed by atoms with Crippen molar-refractivity contribution in [3.8, 4) is 5.75 Å². The Hall–Kier alpha value is -3.88. The number of carbonyl (C=O) groups is 2. The van der Waals surface area contributed by atoms with E-state index in [9.17, 15) is 19.7 Å². The van der Waals surface area contributed by atoms with E-state index >= 15 is 0 Å². The summed E-state index contributed by atoms with van der Waals surface area (Å²) in [6.07, 6.45) is 0. The zero-order valence-corrected chi connectivity index (χ0v) is 15.9. The highest BCUT2D eigenvalue weighted by Gasteiger charge is 2.31. The Balaban J connectivity index is 1.90. The second-order valence-corrected chi connectivity index (χ2v) is 6.33. The Kier molecular flexibility index (Phi) is 5.77. The minimum absolute atomic E-state index is 0.133. The van der Waals surface area contributed by atoms with Gasteiger partial charge in [0.05, 0.1) is 23.1 Å². The van der Waals surface area contributed by atoms with Gasteiger partial charge < -0.3 is 20.7 Å². The molecule has 9 heteroatoms. The summed E-state index contributed by atoms with van der Waals surface area (Å²) >= 11 is 0. The Bertz CT molecular complexity index is 985. The maximum atomic E-state index is 13.0. The van der Waals surface area contributed by atoms with Crippen molar-refractivity contribution >= 4 is 23.3 Å². The molecule has 2 aromatic rings. The number of benzene rings is 2. The van der Waals surface area contributed by atoms with Gasteiger partial charge in [-0.2, -0.15) is 0 Å². The Labute approximate surface area is 166 Å². The van der Waals surface area contributed by atoms with E-state index in [1.165, 1.54) is 18.2 Å². The van der Waals surface area contributed by atoms with Gasteiger partial charge in [-0.1, -0.05) is 18.2 Å². The molecule has 0 saturated heterocycles. The maximum absolute atomic E-state index is 13.0. The molecule has 2 aromatic carbocycles. The molecule has 1 aliphatic heterocycles. The first kappa shape index (κ1) is 19.9. The van der Waals surface area contributed by atoms with Gasteiger partial charge in [0.1, 0.15) is 5.75 Å². The summed E-state index contributed by atoms with van der Waals surface area (Å²) in [7, 11) is 0. The van der Waals surface area contributed by atoms with Crippen molar-refractivity contribution in [2.24, 2.45) is 0 Å². The van der Waals surface area contributed by atoms with Gasteiger partial charge in [0.25, 0.3) is 11.6 Å². The van der Waals surface area contributed by atoms with E-state index in [-0.39, 0.29) is 11.4 Å². The van der Waals surface area contributed by atoms with Gasteiger partial charge in [0.15, 0.2) is 0 Å². The van der Waals surface area contributed by atoms with Crippen molar-refractivity contribution in [3.05, 3.63) is 75.5 Å². The molecule has 1 atom stereocenters. The maximum Gasteiger partial charge on any atom is 0.319 e. The number of ether oxygens (including phenoxy) is 1. The number of urea groups is 1. The van der Waals surface area contributed by atoms with Gasteiger partial charge in [-0.15, -0.1) is 0 Å². The number of non-ortho nitro benzene ring substituents is 1. The summed E-state index contributed by atoms with van der Waals surface area (Å²) in [6.45, 7) is 4.03. The molecule has 0 spiro atoms. The number of rotatable bonds is 6. The van der Waals surface area contributed by atoms with Crippen LogP contribution in [0.1, 0.15) is 25.5 Å². The standard InChI is InChI=1S/C20H20N4O5/c1-3-29-16-9-7-13(8-10-16)18-17(12(2)21-20(26)23-18)19(25)22-14-5-4-6-15(11-14)24(27)28/h4-11,18H,3H2,1-2H3,(H,22,25)(H2,21,23,26)/t18-/m1/s1. The van der Waals surface area contributed by atoms with Crippen LogP contribution in [0.15, 0.2) is 59.8 Å². The van der Waals surface area contributed by atoms with Gasteiger partial charge in [-0.25, -0.2) is 4.79 Å². The average molecular weight is 396 g/mol. The van der Waals surface area contributed by atoms with Crippen molar-refractivity contribution in [2.45, 2.75) is 19.9 Å². The Morgan fingerprint density at radius 1 is 1.24 bits per heavy atom. The minimum atomic E-state index is -0.682. The van der Waals surface area contributed by atoms with E-state index in [0.29, 0.717) is 29.2 Å². The van der Waals surface area contributed by atoms with E-state index in [4.69, 9.17) is 4.74 Å². The van der Waals surface area contributed by atoms with E-state index in [2.05, 4.69) is 16.0 Å². The topological polar surface area (TPSA) is 123 Å². The van der Waals surface area contributed by atoms with E-state index in [0.717, 1.165) is 0 Å². The number of amides is 3. The number of hydrogen-bond acceptors (Lipinski definition) is 5. The van der Waals surface area contributed by atoms with Crippen LogP contribution in [0.5, 0.6) is 5.75 Å². The van der Waals surface area contributed by atoms with Gasteiger partial charge in [-0.05, 0) is 37.6 Å². The number of nitro benzene ring substituents is 1. The largest absolute Gasteiger partial charge is 0.494 e. The van der Waals surface area contributed by atoms with Crippen LogP contribution in [-0.4, -0.2) is 23.5 Å². The lowest BCUT2D eigenvalue weighted by atomic mass is 9.94. The van der Waals surface area contributed by atoms with E-state index < -0.39 is 22.9 Å². The SMILES string of the molecule is CCOc1ccc([C@H]2NC(=O)NC(C)=C2C(=O)Nc2cccc([N+](=O)[O-])c2)cc1. The Morgan fingerprint density at radius 3 is 2.62 bits per heavy atom. The highest BCUT2D eigenvalue weighted by atomic mass is 16.6. The monoisotopic (exact) mass is 396 g/mol. The summed E-state index contributed by atoms with van der Waals surface area (Å²) in [5.74, 6) is 0.203. The van der Waals surface area contributed by atoms with Crippen LogP contribution in [0.4, 0.5) is 16.2 Å². The summed E-state index contributed by atoms with van der Waals surface area (Å²) in [5, 5.41) is 19.0. The van der Waals surface area contributed by atoms with Gasteiger partial charge >= 0.3 is 6.03 Å². The first-order valence-electron chi connectivity index (χ1n) is 8.96. The number of nitrogens with zero attached hydrogens (tertiary/aromatic N) is 1. The quantitative estimate of drug-likeness (QED) is 0.511. The number of nitro groups is 1. The first-order chi connectivity index (χ1) is 13.9. The van der Waals surface area contributed by atoms with Crippen molar-refractivity contribution < 1.29 is 19.2 Å². The lowest BCUT2D eigenvalue weighted by Gasteiger charge is -2.28. The number of nitrogens with one attached hydrogen (secondary N) is 3. The highest BCUT2D eigenvalue weighted by Crippen LogP contribution is 2.29. The predicted molar refractivity (Wildman–Crippen MR) is 106 cm³/mol. The molecule has 0 aliphatic carbocycles. The lowest BCUT2D eigenvalue weighted by molar-refractivity contribution is -0.384. The van der Waals surface area contributed by atoms with Crippen molar-refractivity contribution in [1.82, 2.24) is 10.6 Å². The fourth-order valence-corrected chi connectivity index (χ4v) is 3.06. The molecular weight excluding hydrogens is 376 g/mol. The van der Waals surface area contributed by atoms with Crippen LogP contribution in [-0.2, 0) is 4.79 Å². The summed E-state index contributed by atoms with van der Waals surface area (Å²) < 4.78 is 5.43. The predicted octanol–water partition coefficient (Wildman–Crippen LogP) is 3.26. The van der Waals surface area contributed by atoms with Gasteiger partial charge in [0, 0.05) is 23.5 Å². The Morgan fingerprint density at radius 2 is 1.97 bits per heavy atom. The van der Waals surface area contributed by atoms with Crippen LogP contribution >= 0.6 is 0 Å². The third-order valence-electron chi connectivity index (χ3n) is 4.35. The van der Waals surface area contributed by atoms with Crippen LogP contribution in [0.25, 0.3) is 0 Å². The second-order valence-electron chi connectivity index (χ2n) is 6.33. The molecule has 0 bridgehead atoms. The average Bonchev–Trinajstić information content (AvgIpc) is 2.68.